The van der Waals surface area contributed by atoms with Crippen molar-refractivity contribution in [3.8, 4) is 11.8 Å². The van der Waals surface area contributed by atoms with Gasteiger partial charge in [-0.05, 0) is 32.2 Å². The molecule has 3 nitrogen and oxygen atoms in total. The number of halogens is 2. The second kappa shape index (κ2) is 9.12. The summed E-state index contributed by atoms with van der Waals surface area (Å²) in [6.07, 6.45) is 3.32. The van der Waals surface area contributed by atoms with Gasteiger partial charge in [-0.2, -0.15) is 0 Å². The SMILES string of the molecule is CCCN1CCC(N2CCC(OCC#CC(C)C)CC2)C(F)(F)C1. The van der Waals surface area contributed by atoms with Gasteiger partial charge >= 0.3 is 0 Å². The van der Waals surface area contributed by atoms with E-state index in [0.717, 1.165) is 32.4 Å². The van der Waals surface area contributed by atoms with Gasteiger partial charge in [-0.3, -0.25) is 9.80 Å². The number of ether oxygens (including phenoxy) is 1. The number of piperidine rings is 2. The minimum Gasteiger partial charge on any atom is -0.365 e. The summed E-state index contributed by atoms with van der Waals surface area (Å²) >= 11 is 0. The molecular weight excluding hydrogens is 310 g/mol. The number of nitrogens with zero attached hydrogens (tertiary/aromatic N) is 2. The number of likely N-dealkylation sites (tertiary alicyclic amines) is 2. The molecule has 0 bridgehead atoms. The lowest BCUT2D eigenvalue weighted by molar-refractivity contribution is -0.136. The second-order valence-electron chi connectivity index (χ2n) is 7.36. The third-order valence-electron chi connectivity index (χ3n) is 4.88. The lowest BCUT2D eigenvalue weighted by Crippen LogP contribution is -2.60. The first-order valence-electron chi connectivity index (χ1n) is 9.36. The van der Waals surface area contributed by atoms with Crippen LogP contribution in [0.1, 0.15) is 46.5 Å². The monoisotopic (exact) mass is 342 g/mol. The maximum Gasteiger partial charge on any atom is 0.275 e. The van der Waals surface area contributed by atoms with Crippen LogP contribution < -0.4 is 0 Å². The normalized spacial score (nSPS) is 26.3. The lowest BCUT2D eigenvalue weighted by Gasteiger charge is -2.45. The van der Waals surface area contributed by atoms with Crippen LogP contribution in [-0.2, 0) is 4.74 Å². The smallest absolute Gasteiger partial charge is 0.275 e. The summed E-state index contributed by atoms with van der Waals surface area (Å²) in [7, 11) is 0. The quantitative estimate of drug-likeness (QED) is 0.714. The Morgan fingerprint density at radius 2 is 1.88 bits per heavy atom. The van der Waals surface area contributed by atoms with Gasteiger partial charge in [-0.1, -0.05) is 32.6 Å². The van der Waals surface area contributed by atoms with E-state index in [2.05, 4.69) is 25.7 Å². The average molecular weight is 342 g/mol. The van der Waals surface area contributed by atoms with Crippen molar-refractivity contribution in [1.29, 1.82) is 0 Å². The Morgan fingerprint density at radius 3 is 2.46 bits per heavy atom. The van der Waals surface area contributed by atoms with E-state index in [4.69, 9.17) is 4.74 Å². The first-order chi connectivity index (χ1) is 11.4. The summed E-state index contributed by atoms with van der Waals surface area (Å²) < 4.78 is 34.8. The molecule has 2 saturated heterocycles. The topological polar surface area (TPSA) is 15.7 Å². The zero-order valence-corrected chi connectivity index (χ0v) is 15.4. The predicted molar refractivity (Wildman–Crippen MR) is 93.2 cm³/mol. The molecule has 2 aliphatic rings. The van der Waals surface area contributed by atoms with Gasteiger partial charge in [0.2, 0.25) is 0 Å². The van der Waals surface area contributed by atoms with Crippen molar-refractivity contribution in [3.05, 3.63) is 0 Å². The van der Waals surface area contributed by atoms with Crippen LogP contribution in [-0.4, -0.2) is 67.2 Å². The zero-order valence-electron chi connectivity index (χ0n) is 15.4. The number of hydrogen-bond acceptors (Lipinski definition) is 3. The van der Waals surface area contributed by atoms with E-state index < -0.39 is 12.0 Å². The maximum absolute atomic E-state index is 14.5. The third-order valence-corrected chi connectivity index (χ3v) is 4.88. The Labute approximate surface area is 145 Å². The van der Waals surface area contributed by atoms with E-state index in [1.165, 1.54) is 0 Å². The lowest BCUT2D eigenvalue weighted by atomic mass is 9.95. The van der Waals surface area contributed by atoms with Crippen LogP contribution in [0.3, 0.4) is 0 Å². The van der Waals surface area contributed by atoms with Gasteiger partial charge < -0.3 is 4.74 Å². The van der Waals surface area contributed by atoms with Crippen molar-refractivity contribution < 1.29 is 13.5 Å². The molecule has 2 rings (SSSR count). The van der Waals surface area contributed by atoms with Crippen molar-refractivity contribution in [2.24, 2.45) is 5.92 Å². The molecule has 0 aromatic heterocycles. The largest absolute Gasteiger partial charge is 0.365 e. The first kappa shape index (κ1) is 19.6. The fourth-order valence-electron chi connectivity index (χ4n) is 3.71. The highest BCUT2D eigenvalue weighted by Crippen LogP contribution is 2.33. The third kappa shape index (κ3) is 5.68. The van der Waals surface area contributed by atoms with Crippen LogP contribution in [0.4, 0.5) is 8.78 Å². The Bertz CT molecular complexity index is 436. The summed E-state index contributed by atoms with van der Waals surface area (Å²) in [5.41, 5.74) is 0. The van der Waals surface area contributed by atoms with Gasteiger partial charge in [-0.15, -0.1) is 0 Å². The van der Waals surface area contributed by atoms with Crippen LogP contribution in [0.15, 0.2) is 0 Å². The molecule has 0 amide bonds. The van der Waals surface area contributed by atoms with Crippen molar-refractivity contribution in [1.82, 2.24) is 9.80 Å². The Morgan fingerprint density at radius 1 is 1.17 bits per heavy atom. The van der Waals surface area contributed by atoms with Gasteiger partial charge in [-0.25, -0.2) is 8.78 Å². The standard InChI is InChI=1S/C19H32F2N2O/c1-4-10-22-11-9-18(19(20,21)15-22)23-12-7-17(8-13-23)24-14-5-6-16(2)3/h16-18H,4,7-15H2,1-3H3. The van der Waals surface area contributed by atoms with Gasteiger partial charge in [0.05, 0.1) is 18.7 Å². The summed E-state index contributed by atoms with van der Waals surface area (Å²) in [4.78, 5) is 3.89. The van der Waals surface area contributed by atoms with Crippen molar-refractivity contribution >= 4 is 0 Å². The minimum absolute atomic E-state index is 0.0905. The van der Waals surface area contributed by atoms with Gasteiger partial charge in [0, 0.05) is 25.6 Å². The molecular formula is C19H32F2N2O. The minimum atomic E-state index is -2.61. The van der Waals surface area contributed by atoms with Crippen molar-refractivity contribution in [2.45, 2.75) is 64.5 Å². The van der Waals surface area contributed by atoms with Crippen LogP contribution in [0, 0.1) is 17.8 Å². The van der Waals surface area contributed by atoms with Gasteiger partial charge in [0.1, 0.15) is 6.61 Å². The predicted octanol–water partition coefficient (Wildman–Crippen LogP) is 3.25. The van der Waals surface area contributed by atoms with E-state index in [1.807, 2.05) is 16.7 Å². The molecule has 5 heteroatoms. The molecule has 0 aromatic rings. The summed E-state index contributed by atoms with van der Waals surface area (Å²) in [6, 6.07) is -0.604. The zero-order chi connectivity index (χ0) is 17.6. The Kier molecular flexibility index (Phi) is 7.46. The van der Waals surface area contributed by atoms with Crippen molar-refractivity contribution in [3.63, 3.8) is 0 Å². The molecule has 2 fully saturated rings. The number of hydrogen-bond donors (Lipinski definition) is 0. The Hall–Kier alpha value is -0.700. The Balaban J connectivity index is 1.77. The van der Waals surface area contributed by atoms with Gasteiger partial charge in [0.15, 0.2) is 0 Å². The molecule has 138 valence electrons. The molecule has 2 heterocycles. The summed E-state index contributed by atoms with van der Waals surface area (Å²) in [5.74, 6) is 3.86. The summed E-state index contributed by atoms with van der Waals surface area (Å²) in [5, 5.41) is 0. The maximum atomic E-state index is 14.5. The van der Waals surface area contributed by atoms with E-state index in [0.29, 0.717) is 32.0 Å². The molecule has 24 heavy (non-hydrogen) atoms. The summed E-state index contributed by atoms with van der Waals surface area (Å²) in [6.45, 7) is 9.48. The molecule has 0 N–H and O–H groups in total. The highest BCUT2D eigenvalue weighted by atomic mass is 19.3. The van der Waals surface area contributed by atoms with Crippen molar-refractivity contribution in [2.75, 3.05) is 39.3 Å². The molecule has 0 aliphatic carbocycles. The van der Waals surface area contributed by atoms with E-state index in [9.17, 15) is 8.78 Å². The number of alkyl halides is 2. The molecule has 0 spiro atoms. The molecule has 0 aromatic carbocycles. The van der Waals surface area contributed by atoms with Gasteiger partial charge in [0.25, 0.3) is 5.92 Å². The van der Waals surface area contributed by atoms with Crippen LogP contribution >= 0.6 is 0 Å². The number of rotatable bonds is 5. The molecule has 1 atom stereocenters. The molecule has 1 unspecified atom stereocenters. The highest BCUT2D eigenvalue weighted by Gasteiger charge is 2.47. The average Bonchev–Trinajstić information content (AvgIpc) is 2.52. The highest BCUT2D eigenvalue weighted by molar-refractivity contribution is 5.01. The molecule has 0 saturated carbocycles. The fourth-order valence-corrected chi connectivity index (χ4v) is 3.71. The van der Waals surface area contributed by atoms with E-state index >= 15 is 0 Å². The second-order valence-corrected chi connectivity index (χ2v) is 7.36. The fraction of sp³-hybridized carbons (Fsp3) is 0.895. The first-order valence-corrected chi connectivity index (χ1v) is 9.36. The molecule has 0 radical (unpaired) electrons. The van der Waals surface area contributed by atoms with Crippen LogP contribution in [0.25, 0.3) is 0 Å². The van der Waals surface area contributed by atoms with E-state index in [1.54, 1.807) is 0 Å². The van der Waals surface area contributed by atoms with Crippen LogP contribution in [0.5, 0.6) is 0 Å². The van der Waals surface area contributed by atoms with E-state index in [-0.39, 0.29) is 12.6 Å². The van der Waals surface area contributed by atoms with Crippen LogP contribution in [0.2, 0.25) is 0 Å². The molecule has 2 aliphatic heterocycles.